The molecule has 1 aromatic rings. The van der Waals surface area contributed by atoms with E-state index in [4.69, 9.17) is 15.9 Å². The first-order valence-electron chi connectivity index (χ1n) is 10.5. The third kappa shape index (κ3) is 12.2. The standard InChI is InChI=1S/C22H31N4O7.Y/c1-12-4-6-15(7-5-12)11-16(23)21(32)26-17(8-9-18(27)28)22(33)25-14(3)20(31)24-13(2)10-19(29)30;/h4-7,13-14,16-17,23H,8-11H2,1-3H3,(H,24,31)(H,25,33)(H,26,32)(H,27,28)(H,29,30);/q-1;/t13-,14+,16+,17+;/m1./s1. The molecule has 12 heteroatoms. The van der Waals surface area contributed by atoms with Gasteiger partial charge in [0, 0.05) is 45.2 Å². The van der Waals surface area contributed by atoms with Gasteiger partial charge < -0.3 is 31.9 Å². The molecule has 1 rings (SSSR count). The number of hydrogen-bond acceptors (Lipinski definition) is 5. The van der Waals surface area contributed by atoms with E-state index >= 15 is 0 Å². The molecule has 11 nitrogen and oxygen atoms in total. The Bertz CT molecular complexity index is 863. The van der Waals surface area contributed by atoms with E-state index in [0.717, 1.165) is 11.1 Å². The first-order chi connectivity index (χ1) is 15.4. The number of hydrogen-bond donors (Lipinski definition) is 5. The SMILES string of the molecule is Cc1ccc(C[C@H]([NH-])C(=O)N[C@@H](CCC(=O)O)C(=O)N[C@@H](C)C(=O)N[C@H](C)CC(=O)O)cc1.[Y]. The molecule has 0 aliphatic heterocycles. The predicted molar refractivity (Wildman–Crippen MR) is 119 cm³/mol. The van der Waals surface area contributed by atoms with E-state index in [9.17, 15) is 24.0 Å². The van der Waals surface area contributed by atoms with E-state index in [0.29, 0.717) is 0 Å². The third-order valence-electron chi connectivity index (χ3n) is 4.78. The maximum atomic E-state index is 12.6. The predicted octanol–water partition coefficient (Wildman–Crippen LogP) is 0.790. The smallest absolute Gasteiger partial charge is 0.305 e. The van der Waals surface area contributed by atoms with Crippen LogP contribution in [0.5, 0.6) is 0 Å². The van der Waals surface area contributed by atoms with Crippen LogP contribution in [-0.2, 0) is 63.1 Å². The molecule has 185 valence electrons. The summed E-state index contributed by atoms with van der Waals surface area (Å²) in [5.41, 5.74) is 9.89. The van der Waals surface area contributed by atoms with Gasteiger partial charge in [0.1, 0.15) is 12.1 Å². The van der Waals surface area contributed by atoms with E-state index in [1.54, 1.807) is 12.1 Å². The number of carboxylic acids is 2. The van der Waals surface area contributed by atoms with Gasteiger partial charge >= 0.3 is 11.9 Å². The number of benzene rings is 1. The van der Waals surface area contributed by atoms with E-state index in [-0.39, 0.29) is 52.0 Å². The summed E-state index contributed by atoms with van der Waals surface area (Å²) >= 11 is 0. The summed E-state index contributed by atoms with van der Waals surface area (Å²) in [5.74, 6) is -4.41. The van der Waals surface area contributed by atoms with E-state index in [1.807, 2.05) is 19.1 Å². The molecule has 0 spiro atoms. The van der Waals surface area contributed by atoms with Crippen molar-refractivity contribution in [2.24, 2.45) is 0 Å². The summed E-state index contributed by atoms with van der Waals surface area (Å²) in [7, 11) is 0. The molecule has 0 aliphatic rings. The number of rotatable bonds is 13. The van der Waals surface area contributed by atoms with Crippen molar-refractivity contribution in [1.82, 2.24) is 16.0 Å². The number of carboxylic acid groups (broad SMARTS) is 2. The first-order valence-corrected chi connectivity index (χ1v) is 10.5. The molecule has 0 heterocycles. The maximum absolute atomic E-state index is 12.6. The maximum Gasteiger partial charge on any atom is 0.305 e. The molecule has 0 bridgehead atoms. The number of amides is 3. The fourth-order valence-electron chi connectivity index (χ4n) is 2.92. The van der Waals surface area contributed by atoms with E-state index < -0.39 is 60.2 Å². The Morgan fingerprint density at radius 2 is 1.47 bits per heavy atom. The number of aliphatic carboxylic acids is 2. The van der Waals surface area contributed by atoms with Gasteiger partial charge in [-0.25, -0.2) is 0 Å². The normalized spacial score (nSPS) is 13.9. The van der Waals surface area contributed by atoms with Gasteiger partial charge in [0.05, 0.1) is 6.42 Å². The van der Waals surface area contributed by atoms with Gasteiger partial charge in [-0.1, -0.05) is 35.9 Å². The molecule has 0 saturated heterocycles. The summed E-state index contributed by atoms with van der Waals surface area (Å²) in [6.45, 7) is 4.79. The van der Waals surface area contributed by atoms with Gasteiger partial charge in [0.15, 0.2) is 0 Å². The van der Waals surface area contributed by atoms with Crippen LogP contribution in [0.3, 0.4) is 0 Å². The van der Waals surface area contributed by atoms with Crippen LogP contribution < -0.4 is 16.0 Å². The number of carbonyl (C=O) groups is 5. The van der Waals surface area contributed by atoms with E-state index in [1.165, 1.54) is 13.8 Å². The average Bonchev–Trinajstić information content (AvgIpc) is 2.71. The Labute approximate surface area is 223 Å². The number of nitrogens with one attached hydrogen (secondary N) is 4. The largest absolute Gasteiger partial charge is 0.667 e. The van der Waals surface area contributed by atoms with Crippen LogP contribution in [0.25, 0.3) is 5.73 Å². The zero-order chi connectivity index (χ0) is 25.1. The minimum atomic E-state index is -1.26. The van der Waals surface area contributed by atoms with Gasteiger partial charge in [0.25, 0.3) is 0 Å². The van der Waals surface area contributed by atoms with Crippen molar-refractivity contribution in [2.45, 2.75) is 70.6 Å². The van der Waals surface area contributed by atoms with E-state index in [2.05, 4.69) is 16.0 Å². The zero-order valence-corrected chi connectivity index (χ0v) is 22.3. The van der Waals surface area contributed by atoms with Crippen LogP contribution in [0.1, 0.15) is 44.2 Å². The Balaban J connectivity index is 0.0000109. The minimum absolute atomic E-state index is 0. The molecule has 34 heavy (non-hydrogen) atoms. The van der Waals surface area contributed by atoms with Crippen LogP contribution in [-0.4, -0.2) is 64.0 Å². The second-order valence-corrected chi connectivity index (χ2v) is 7.97. The molecular weight excluding hydrogens is 521 g/mol. The van der Waals surface area contributed by atoms with Gasteiger partial charge in [-0.15, -0.1) is 0 Å². The minimum Gasteiger partial charge on any atom is -0.667 e. The quantitative estimate of drug-likeness (QED) is 0.239. The van der Waals surface area contributed by atoms with Crippen LogP contribution >= 0.6 is 0 Å². The van der Waals surface area contributed by atoms with Crippen LogP contribution in [0, 0.1) is 6.92 Å². The van der Waals surface area contributed by atoms with Crippen molar-refractivity contribution in [2.75, 3.05) is 0 Å². The summed E-state index contributed by atoms with van der Waals surface area (Å²) in [5, 5.41) is 25.0. The Kier molecular flexibility index (Phi) is 14.4. The van der Waals surface area contributed by atoms with Crippen molar-refractivity contribution in [3.63, 3.8) is 0 Å². The third-order valence-corrected chi connectivity index (χ3v) is 4.78. The van der Waals surface area contributed by atoms with Gasteiger partial charge in [-0.3, -0.25) is 24.0 Å². The van der Waals surface area contributed by atoms with Crippen molar-refractivity contribution >= 4 is 29.7 Å². The molecular formula is C22H31N4O7Y-. The van der Waals surface area contributed by atoms with Gasteiger partial charge in [-0.2, -0.15) is 0 Å². The Hall–Kier alpha value is -2.37. The average molecular weight is 552 g/mol. The zero-order valence-electron chi connectivity index (χ0n) is 19.5. The topological polar surface area (TPSA) is 186 Å². The molecule has 0 aliphatic carbocycles. The molecule has 0 aromatic heterocycles. The molecule has 3 amide bonds. The summed E-state index contributed by atoms with van der Waals surface area (Å²) in [4.78, 5) is 59.0. The molecule has 0 unspecified atom stereocenters. The van der Waals surface area contributed by atoms with Gasteiger partial charge in [0.2, 0.25) is 17.7 Å². The Morgan fingerprint density at radius 1 is 0.882 bits per heavy atom. The fraction of sp³-hybridized carbons (Fsp3) is 0.500. The molecule has 1 radical (unpaired) electrons. The molecule has 1 aromatic carbocycles. The van der Waals surface area contributed by atoms with Crippen LogP contribution in [0.2, 0.25) is 0 Å². The first kappa shape index (κ1) is 31.6. The fourth-order valence-corrected chi connectivity index (χ4v) is 2.92. The van der Waals surface area contributed by atoms with Crippen LogP contribution in [0.4, 0.5) is 0 Å². The second kappa shape index (κ2) is 15.5. The molecule has 6 N–H and O–H groups in total. The number of aryl methyl sites for hydroxylation is 1. The summed E-state index contributed by atoms with van der Waals surface area (Å²) < 4.78 is 0. The summed E-state index contributed by atoms with van der Waals surface area (Å²) in [6, 6.07) is 3.10. The molecule has 4 atom stereocenters. The van der Waals surface area contributed by atoms with Crippen molar-refractivity contribution < 1.29 is 66.9 Å². The van der Waals surface area contributed by atoms with Crippen molar-refractivity contribution in [3.8, 4) is 0 Å². The van der Waals surface area contributed by atoms with Gasteiger partial charge in [-0.05, 0) is 39.2 Å². The Morgan fingerprint density at radius 3 is 2.00 bits per heavy atom. The second-order valence-electron chi connectivity index (χ2n) is 7.97. The molecule has 0 fully saturated rings. The van der Waals surface area contributed by atoms with Crippen molar-refractivity contribution in [1.29, 1.82) is 0 Å². The number of carbonyl (C=O) groups excluding carboxylic acids is 3. The molecule has 0 saturated carbocycles. The van der Waals surface area contributed by atoms with Crippen molar-refractivity contribution in [3.05, 3.63) is 41.1 Å². The summed E-state index contributed by atoms with van der Waals surface area (Å²) in [6.07, 6.45) is -0.821. The monoisotopic (exact) mass is 552 g/mol. The van der Waals surface area contributed by atoms with Crippen LogP contribution in [0.15, 0.2) is 24.3 Å².